The lowest BCUT2D eigenvalue weighted by atomic mass is 10.1. The van der Waals surface area contributed by atoms with Crippen LogP contribution in [0.3, 0.4) is 0 Å². The van der Waals surface area contributed by atoms with Gasteiger partial charge in [-0.3, -0.25) is 14.3 Å². The monoisotopic (exact) mass is 471 g/mol. The first-order chi connectivity index (χ1) is 15.8. The van der Waals surface area contributed by atoms with Crippen molar-refractivity contribution >= 4 is 33.2 Å². The van der Waals surface area contributed by atoms with Crippen molar-refractivity contribution in [1.29, 1.82) is 0 Å². The summed E-state index contributed by atoms with van der Waals surface area (Å²) >= 11 is 0. The molecule has 1 aliphatic heterocycles. The molecule has 4 rings (SSSR count). The molecule has 0 radical (unpaired) electrons. The maximum absolute atomic E-state index is 13.1. The van der Waals surface area contributed by atoms with Crippen LogP contribution >= 0.6 is 0 Å². The van der Waals surface area contributed by atoms with E-state index < -0.39 is 15.9 Å². The number of sulfonamides is 1. The highest BCUT2D eigenvalue weighted by Gasteiger charge is 2.38. The smallest absolute Gasteiger partial charge is 0.262 e. The number of likely N-dealkylation sites (tertiary alicyclic amines) is 1. The van der Waals surface area contributed by atoms with Gasteiger partial charge in [-0.15, -0.1) is 0 Å². The number of rotatable bonds is 7. The SMILES string of the molecule is COc1ccccc1NS(=O)(=O)c1cc(NC(=O)C2CC(=O)N(C3CCCC3)C2)ccc1C. The summed E-state index contributed by atoms with van der Waals surface area (Å²) in [4.78, 5) is 27.2. The van der Waals surface area contributed by atoms with Gasteiger partial charge >= 0.3 is 0 Å². The molecule has 1 aliphatic carbocycles. The summed E-state index contributed by atoms with van der Waals surface area (Å²) in [5, 5.41) is 2.81. The molecule has 2 aromatic carbocycles. The zero-order valence-electron chi connectivity index (χ0n) is 18.8. The van der Waals surface area contributed by atoms with Crippen LogP contribution in [-0.4, -0.2) is 44.8 Å². The minimum atomic E-state index is -3.93. The van der Waals surface area contributed by atoms with E-state index in [0.29, 0.717) is 29.2 Å². The van der Waals surface area contributed by atoms with Crippen molar-refractivity contribution in [2.45, 2.75) is 50.0 Å². The highest BCUT2D eigenvalue weighted by molar-refractivity contribution is 7.92. The van der Waals surface area contributed by atoms with E-state index in [0.717, 1.165) is 25.7 Å². The molecule has 8 nitrogen and oxygen atoms in total. The molecule has 1 atom stereocenters. The molecule has 1 saturated heterocycles. The van der Waals surface area contributed by atoms with E-state index >= 15 is 0 Å². The van der Waals surface area contributed by atoms with Crippen molar-refractivity contribution in [3.05, 3.63) is 48.0 Å². The number of anilines is 2. The number of nitrogens with zero attached hydrogens (tertiary/aromatic N) is 1. The van der Waals surface area contributed by atoms with Gasteiger partial charge in [0.25, 0.3) is 10.0 Å². The van der Waals surface area contributed by atoms with E-state index in [-0.39, 0.29) is 29.2 Å². The Bertz CT molecular complexity index is 1160. The van der Waals surface area contributed by atoms with E-state index in [1.54, 1.807) is 43.3 Å². The van der Waals surface area contributed by atoms with Crippen molar-refractivity contribution in [3.8, 4) is 5.75 Å². The maximum Gasteiger partial charge on any atom is 0.262 e. The fraction of sp³-hybridized carbons (Fsp3) is 0.417. The lowest BCUT2D eigenvalue weighted by Crippen LogP contribution is -2.35. The number of hydrogen-bond donors (Lipinski definition) is 2. The average Bonchev–Trinajstić information content (AvgIpc) is 3.44. The Hall–Kier alpha value is -3.07. The largest absolute Gasteiger partial charge is 0.495 e. The zero-order valence-corrected chi connectivity index (χ0v) is 19.7. The third-order valence-corrected chi connectivity index (χ3v) is 7.90. The number of methoxy groups -OCH3 is 1. The summed E-state index contributed by atoms with van der Waals surface area (Å²) < 4.78 is 34.0. The minimum Gasteiger partial charge on any atom is -0.495 e. The topological polar surface area (TPSA) is 105 Å². The second-order valence-corrected chi connectivity index (χ2v) is 10.3. The number of para-hydroxylation sites is 2. The molecule has 2 N–H and O–H groups in total. The van der Waals surface area contributed by atoms with Gasteiger partial charge in [0.2, 0.25) is 11.8 Å². The van der Waals surface area contributed by atoms with Crippen LogP contribution in [-0.2, 0) is 19.6 Å². The Morgan fingerprint density at radius 3 is 2.58 bits per heavy atom. The zero-order chi connectivity index (χ0) is 23.6. The van der Waals surface area contributed by atoms with Crippen LogP contribution in [0.2, 0.25) is 0 Å². The molecule has 0 aromatic heterocycles. The lowest BCUT2D eigenvalue weighted by Gasteiger charge is -2.23. The summed E-state index contributed by atoms with van der Waals surface area (Å²) in [6, 6.07) is 11.7. The Morgan fingerprint density at radius 2 is 1.85 bits per heavy atom. The Kier molecular flexibility index (Phi) is 6.60. The first-order valence-corrected chi connectivity index (χ1v) is 12.6. The first kappa shape index (κ1) is 23.1. The van der Waals surface area contributed by atoms with E-state index in [1.807, 2.05) is 4.90 Å². The van der Waals surface area contributed by atoms with Crippen molar-refractivity contribution < 1.29 is 22.7 Å². The molecule has 1 heterocycles. The molecule has 2 aliphatic rings. The van der Waals surface area contributed by atoms with Crippen LogP contribution in [0.1, 0.15) is 37.7 Å². The molecular weight excluding hydrogens is 442 g/mol. The highest BCUT2D eigenvalue weighted by Crippen LogP contribution is 2.31. The summed E-state index contributed by atoms with van der Waals surface area (Å²) in [6.07, 6.45) is 4.43. The lowest BCUT2D eigenvalue weighted by molar-refractivity contribution is -0.129. The quantitative estimate of drug-likeness (QED) is 0.643. The van der Waals surface area contributed by atoms with Crippen LogP contribution in [0.15, 0.2) is 47.4 Å². The molecule has 1 saturated carbocycles. The molecule has 176 valence electrons. The molecule has 0 bridgehead atoms. The van der Waals surface area contributed by atoms with Gasteiger partial charge in [0.15, 0.2) is 0 Å². The van der Waals surface area contributed by atoms with Gasteiger partial charge in [-0.1, -0.05) is 31.0 Å². The normalized spacial score (nSPS) is 19.0. The molecule has 1 unspecified atom stereocenters. The third-order valence-electron chi connectivity index (χ3n) is 6.39. The van der Waals surface area contributed by atoms with Gasteiger partial charge < -0.3 is 15.0 Å². The van der Waals surface area contributed by atoms with E-state index in [4.69, 9.17) is 4.74 Å². The molecular formula is C24H29N3O5S. The maximum atomic E-state index is 13.1. The summed E-state index contributed by atoms with van der Waals surface area (Å²) in [7, 11) is -2.46. The van der Waals surface area contributed by atoms with Gasteiger partial charge in [-0.05, 0) is 49.6 Å². The Balaban J connectivity index is 1.49. The predicted molar refractivity (Wildman–Crippen MR) is 126 cm³/mol. The summed E-state index contributed by atoms with van der Waals surface area (Å²) in [6.45, 7) is 2.11. The second kappa shape index (κ2) is 9.43. The summed E-state index contributed by atoms with van der Waals surface area (Å²) in [5.41, 5.74) is 1.24. The summed E-state index contributed by atoms with van der Waals surface area (Å²) in [5.74, 6) is -0.281. The number of carbonyl (C=O) groups excluding carboxylic acids is 2. The number of benzene rings is 2. The van der Waals surface area contributed by atoms with Gasteiger partial charge in [-0.2, -0.15) is 0 Å². The first-order valence-electron chi connectivity index (χ1n) is 11.2. The Labute approximate surface area is 194 Å². The average molecular weight is 472 g/mol. The van der Waals surface area contributed by atoms with Crippen molar-refractivity contribution in [2.75, 3.05) is 23.7 Å². The van der Waals surface area contributed by atoms with E-state index in [1.165, 1.54) is 13.2 Å². The molecule has 2 aromatic rings. The number of carbonyl (C=O) groups is 2. The predicted octanol–water partition coefficient (Wildman–Crippen LogP) is 3.53. The van der Waals surface area contributed by atoms with Crippen LogP contribution < -0.4 is 14.8 Å². The molecule has 9 heteroatoms. The number of hydrogen-bond acceptors (Lipinski definition) is 5. The van der Waals surface area contributed by atoms with Crippen molar-refractivity contribution in [1.82, 2.24) is 4.90 Å². The molecule has 2 amide bonds. The number of ether oxygens (including phenoxy) is 1. The highest BCUT2D eigenvalue weighted by atomic mass is 32.2. The molecule has 33 heavy (non-hydrogen) atoms. The molecule has 0 spiro atoms. The minimum absolute atomic E-state index is 0.0234. The van der Waals surface area contributed by atoms with Gasteiger partial charge in [0.1, 0.15) is 5.75 Å². The van der Waals surface area contributed by atoms with Crippen molar-refractivity contribution in [3.63, 3.8) is 0 Å². The van der Waals surface area contributed by atoms with Crippen LogP contribution in [0.5, 0.6) is 5.75 Å². The van der Waals surface area contributed by atoms with Gasteiger partial charge in [0, 0.05) is 24.7 Å². The van der Waals surface area contributed by atoms with Crippen molar-refractivity contribution in [2.24, 2.45) is 5.92 Å². The van der Waals surface area contributed by atoms with Gasteiger partial charge in [0.05, 0.1) is 23.6 Å². The van der Waals surface area contributed by atoms with Crippen LogP contribution in [0, 0.1) is 12.8 Å². The fourth-order valence-electron chi connectivity index (χ4n) is 4.62. The standard InChI is InChI=1S/C24H29N3O5S/c1-16-11-12-18(14-22(16)33(30,31)26-20-9-5-6-10-21(20)32-2)25-24(29)17-13-23(28)27(15-17)19-7-3-4-8-19/h5-6,9-12,14,17,19,26H,3-4,7-8,13,15H2,1-2H3,(H,25,29). The van der Waals surface area contributed by atoms with Crippen LogP contribution in [0.25, 0.3) is 0 Å². The van der Waals surface area contributed by atoms with E-state index in [9.17, 15) is 18.0 Å². The second-order valence-electron chi connectivity index (χ2n) is 8.66. The third kappa shape index (κ3) is 4.98. The number of nitrogens with one attached hydrogen (secondary N) is 2. The van der Waals surface area contributed by atoms with Gasteiger partial charge in [-0.25, -0.2) is 8.42 Å². The van der Waals surface area contributed by atoms with E-state index in [2.05, 4.69) is 10.0 Å². The number of aryl methyl sites for hydroxylation is 1. The fourth-order valence-corrected chi connectivity index (χ4v) is 5.96. The number of amides is 2. The van der Waals surface area contributed by atoms with Crippen LogP contribution in [0.4, 0.5) is 11.4 Å². The Morgan fingerprint density at radius 1 is 1.12 bits per heavy atom. The molecule has 2 fully saturated rings.